The van der Waals surface area contributed by atoms with Gasteiger partial charge in [-0.3, -0.25) is 0 Å². The van der Waals surface area contributed by atoms with Gasteiger partial charge in [0, 0.05) is 4.68 Å². The lowest BCUT2D eigenvalue weighted by Crippen LogP contribution is -1.45. The van der Waals surface area contributed by atoms with E-state index < -0.39 is 0 Å². The summed E-state index contributed by atoms with van der Waals surface area (Å²) >= 11 is 0. The number of hydrogen-bond acceptors (Lipinski definition) is 1. The molecule has 4 heavy (non-hydrogen) atoms. The summed E-state index contributed by atoms with van der Waals surface area (Å²) in [7, 11) is 0. The Balaban J connectivity index is 3.10. The van der Waals surface area contributed by atoms with Gasteiger partial charge in [0.2, 0.25) is 6.21 Å². The summed E-state index contributed by atoms with van der Waals surface area (Å²) < 4.78 is 1.83. The molecule has 18 valence electrons. The third-order valence-corrected chi connectivity index (χ3v) is 0.576. The standard InChI is InChI=1S/C2HN2/c1-2-3-4(1)2/h1H/q+1. The molecule has 2 rings (SSSR count). The van der Waals surface area contributed by atoms with Gasteiger partial charge in [-0.2, -0.15) is 0 Å². The van der Waals surface area contributed by atoms with Crippen molar-refractivity contribution in [2.45, 2.75) is 0 Å². The summed E-state index contributed by atoms with van der Waals surface area (Å²) in [5, 5.41) is 3.69. The second-order valence-electron chi connectivity index (χ2n) is 0.932. The molecular weight excluding hydrogens is 52.0 g/mol. The van der Waals surface area contributed by atoms with Gasteiger partial charge in [0.15, 0.2) is 5.10 Å². The molecular formula is C2HN2+. The molecule has 0 aromatic rings. The third-order valence-electron chi connectivity index (χ3n) is 0.576. The zero-order valence-corrected chi connectivity index (χ0v) is 1.97. The van der Waals surface area contributed by atoms with Crippen LogP contribution >= 0.6 is 0 Å². The Morgan fingerprint density at radius 2 is 2.25 bits per heavy atom. The van der Waals surface area contributed by atoms with Crippen molar-refractivity contribution in [3.63, 3.8) is 0 Å². The van der Waals surface area contributed by atoms with Gasteiger partial charge in [0.05, 0.1) is 0 Å². The Morgan fingerprint density at radius 1 is 2.00 bits per heavy atom. The van der Waals surface area contributed by atoms with Gasteiger partial charge < -0.3 is 0 Å². The Labute approximate surface area is 23.1 Å². The largest absolute Gasteiger partial charge is 0.459 e. The second-order valence-corrected chi connectivity index (χ2v) is 0.932. The molecule has 0 radical (unpaired) electrons. The summed E-state index contributed by atoms with van der Waals surface area (Å²) in [6, 6.07) is 0. The van der Waals surface area contributed by atoms with Gasteiger partial charge in [-0.1, -0.05) is 0 Å². The molecule has 0 bridgehead atoms. The van der Waals surface area contributed by atoms with Gasteiger partial charge in [-0.25, -0.2) is 0 Å². The minimum atomic E-state index is 1.17. The fourth-order valence-corrected chi connectivity index (χ4v) is 0.167. The second kappa shape index (κ2) is 0.0780. The van der Waals surface area contributed by atoms with Gasteiger partial charge >= 0.3 is 5.84 Å². The van der Waals surface area contributed by atoms with Crippen LogP contribution in [0.2, 0.25) is 0 Å². The van der Waals surface area contributed by atoms with Crippen LogP contribution in [0.3, 0.4) is 0 Å². The topological polar surface area (TPSA) is 15.4 Å². The van der Waals surface area contributed by atoms with Crippen LogP contribution in [0.25, 0.3) is 0 Å². The summed E-state index contributed by atoms with van der Waals surface area (Å²) in [6.45, 7) is 0. The average molecular weight is 53.0 g/mol. The van der Waals surface area contributed by atoms with Crippen molar-refractivity contribution in [1.29, 1.82) is 0 Å². The van der Waals surface area contributed by atoms with E-state index in [1.54, 1.807) is 0 Å². The Bertz CT molecular complexity index is 98.5. The molecule has 0 aromatic carbocycles. The molecule has 0 aromatic heterocycles. The molecule has 0 spiro atoms. The lowest BCUT2D eigenvalue weighted by Gasteiger charge is -1.13. The fourth-order valence-electron chi connectivity index (χ4n) is 0.167. The molecule has 2 nitrogen and oxygen atoms in total. The van der Waals surface area contributed by atoms with Crippen LogP contribution in [0.15, 0.2) is 5.10 Å². The molecule has 0 N–H and O–H groups in total. The lowest BCUT2D eigenvalue weighted by molar-refractivity contribution is -0.278. The summed E-state index contributed by atoms with van der Waals surface area (Å²) in [5.74, 6) is 1.17. The average Bonchev–Trinajstić information content (AvgIpc) is 1.36. The number of fused-ring (bicyclic) bond motifs is 1. The Kier molecular flexibility index (Phi) is 0.0189. The van der Waals surface area contributed by atoms with Gasteiger partial charge in [0.1, 0.15) is 0 Å². The first kappa shape index (κ1) is 0.971. The van der Waals surface area contributed by atoms with E-state index in [0.717, 1.165) is 0 Å². The SMILES string of the molecule is C1=[N+]2N=C12. The van der Waals surface area contributed by atoms with E-state index in [1.807, 2.05) is 10.9 Å². The maximum Gasteiger partial charge on any atom is 0.459 e. The van der Waals surface area contributed by atoms with Crippen molar-refractivity contribution in [2.75, 3.05) is 0 Å². The number of rotatable bonds is 0. The predicted molar refractivity (Wildman–Crippen MR) is 13.8 cm³/mol. The molecule has 2 aliphatic heterocycles. The van der Waals surface area contributed by atoms with Crippen LogP contribution in [0.5, 0.6) is 0 Å². The van der Waals surface area contributed by atoms with Crippen molar-refractivity contribution < 1.29 is 4.68 Å². The molecule has 0 amide bonds. The summed E-state index contributed by atoms with van der Waals surface area (Å²) in [4.78, 5) is 0. The van der Waals surface area contributed by atoms with Crippen molar-refractivity contribution in [3.8, 4) is 0 Å². The van der Waals surface area contributed by atoms with Crippen molar-refractivity contribution in [1.82, 2.24) is 0 Å². The first-order valence-corrected chi connectivity index (χ1v) is 1.19. The van der Waals surface area contributed by atoms with Gasteiger partial charge in [-0.15, -0.1) is 0 Å². The fraction of sp³-hybridized carbons (Fsp3) is 0. The minimum Gasteiger partial charge on any atom is 0.0111 e. The molecule has 0 aliphatic carbocycles. The lowest BCUT2D eigenvalue weighted by atomic mass is 10.9. The molecule has 0 saturated carbocycles. The van der Waals surface area contributed by atoms with Crippen LogP contribution in [0.4, 0.5) is 0 Å². The first-order valence-electron chi connectivity index (χ1n) is 1.19. The third kappa shape index (κ3) is 0.00288. The Morgan fingerprint density at radius 3 is 2.25 bits per heavy atom. The number of hydrogen-bond donors (Lipinski definition) is 0. The monoisotopic (exact) mass is 53.0 g/mol. The smallest absolute Gasteiger partial charge is 0.0111 e. The molecule has 0 atom stereocenters. The van der Waals surface area contributed by atoms with Crippen LogP contribution in [0, 0.1) is 0 Å². The molecule has 0 unspecified atom stereocenters. The number of nitrogens with zero attached hydrogens (tertiary/aromatic N) is 2. The normalized spacial score (nSPS) is 26.0. The predicted octanol–water partition coefficient (Wildman–Crippen LogP) is -0.590. The maximum atomic E-state index is 3.69. The first-order chi connectivity index (χ1) is 1.97. The van der Waals surface area contributed by atoms with E-state index in [9.17, 15) is 0 Å². The van der Waals surface area contributed by atoms with Crippen molar-refractivity contribution in [2.24, 2.45) is 5.10 Å². The van der Waals surface area contributed by atoms with E-state index in [-0.39, 0.29) is 0 Å². The maximum absolute atomic E-state index is 3.69. The van der Waals surface area contributed by atoms with Crippen molar-refractivity contribution >= 4 is 12.1 Å². The molecule has 2 heterocycles. The molecule has 2 heteroatoms. The molecule has 0 saturated heterocycles. The number of amidine groups is 1. The van der Waals surface area contributed by atoms with Crippen LogP contribution < -0.4 is 0 Å². The molecule has 2 aliphatic rings. The minimum absolute atomic E-state index is 1.17. The zero-order chi connectivity index (χ0) is 2.57. The highest BCUT2D eigenvalue weighted by molar-refractivity contribution is 6.38. The van der Waals surface area contributed by atoms with Crippen LogP contribution in [0.1, 0.15) is 0 Å². The summed E-state index contributed by atoms with van der Waals surface area (Å²) in [5.41, 5.74) is 0. The van der Waals surface area contributed by atoms with Gasteiger partial charge in [-0.05, 0) is 0 Å². The van der Waals surface area contributed by atoms with Gasteiger partial charge in [0.25, 0.3) is 0 Å². The number of hydrazone groups is 1. The molecule has 0 fully saturated rings. The van der Waals surface area contributed by atoms with E-state index in [4.69, 9.17) is 0 Å². The van der Waals surface area contributed by atoms with Crippen molar-refractivity contribution in [3.05, 3.63) is 0 Å². The summed E-state index contributed by atoms with van der Waals surface area (Å²) in [6.07, 6.45) is 1.97. The highest BCUT2D eigenvalue weighted by Crippen LogP contribution is 2.08. The van der Waals surface area contributed by atoms with E-state index in [1.165, 1.54) is 5.84 Å². The Hall–Kier alpha value is -0.660. The highest BCUT2D eigenvalue weighted by atomic mass is 15.6. The van der Waals surface area contributed by atoms with E-state index >= 15 is 0 Å². The van der Waals surface area contributed by atoms with E-state index in [0.29, 0.717) is 0 Å². The van der Waals surface area contributed by atoms with Crippen LogP contribution in [-0.4, -0.2) is 16.7 Å². The highest BCUT2D eigenvalue weighted by Gasteiger charge is 2.51. The van der Waals surface area contributed by atoms with E-state index in [2.05, 4.69) is 5.10 Å². The zero-order valence-electron chi connectivity index (χ0n) is 1.97. The van der Waals surface area contributed by atoms with Crippen LogP contribution in [-0.2, 0) is 0 Å². The quantitative estimate of drug-likeness (QED) is 0.328.